The van der Waals surface area contributed by atoms with Crippen LogP contribution in [0.3, 0.4) is 0 Å². The number of amides is 1. The van der Waals surface area contributed by atoms with Crippen molar-refractivity contribution in [1.82, 2.24) is 9.97 Å². The number of anilines is 1. The molecule has 1 amide bonds. The maximum Gasteiger partial charge on any atom is 0.250 e. The van der Waals surface area contributed by atoms with Crippen molar-refractivity contribution < 1.29 is 9.53 Å². The summed E-state index contributed by atoms with van der Waals surface area (Å²) in [5.41, 5.74) is 7.56. The van der Waals surface area contributed by atoms with Crippen LogP contribution in [0, 0.1) is 0 Å². The maximum absolute atomic E-state index is 11.7. The van der Waals surface area contributed by atoms with E-state index in [0.29, 0.717) is 16.9 Å². The van der Waals surface area contributed by atoms with Gasteiger partial charge >= 0.3 is 0 Å². The third-order valence-electron chi connectivity index (χ3n) is 4.34. The molecule has 6 heteroatoms. The second kappa shape index (κ2) is 7.82. The summed E-state index contributed by atoms with van der Waals surface area (Å²) < 4.78 is 5.24. The minimum absolute atomic E-state index is 0.0845. The van der Waals surface area contributed by atoms with Crippen molar-refractivity contribution in [2.45, 2.75) is 25.8 Å². The number of carbonyl (C=O) groups excluding carboxylic acids is 1. The van der Waals surface area contributed by atoms with E-state index in [2.05, 4.69) is 22.2 Å². The molecule has 3 N–H and O–H groups in total. The Morgan fingerprint density at radius 1 is 1.19 bits per heavy atom. The van der Waals surface area contributed by atoms with E-state index in [1.165, 1.54) is 6.33 Å². The average Bonchev–Trinajstić information content (AvgIpc) is 2.67. The number of carbonyl (C=O) groups is 1. The van der Waals surface area contributed by atoms with Gasteiger partial charge in [-0.3, -0.25) is 4.79 Å². The van der Waals surface area contributed by atoms with E-state index in [-0.39, 0.29) is 6.04 Å². The Balaban J connectivity index is 1.98. The predicted molar refractivity (Wildman–Crippen MR) is 102 cm³/mol. The van der Waals surface area contributed by atoms with Crippen molar-refractivity contribution in [3.8, 4) is 5.75 Å². The van der Waals surface area contributed by atoms with Gasteiger partial charge in [0.2, 0.25) is 0 Å². The third-order valence-corrected chi connectivity index (χ3v) is 4.34. The standard InChI is InChI=1S/C20H22N4O2/c1-3-5-17(13-8-10-14(26-2)11-9-13)24-20-16-7-4-6-15(19(21)25)18(16)22-12-23-20/h4,6-12,17H,3,5H2,1-2H3,(H2,21,25)(H,22,23,24). The van der Waals surface area contributed by atoms with E-state index in [1.54, 1.807) is 19.2 Å². The molecule has 1 heterocycles. The van der Waals surface area contributed by atoms with E-state index in [1.807, 2.05) is 30.3 Å². The number of ether oxygens (including phenoxy) is 1. The quantitative estimate of drug-likeness (QED) is 0.678. The molecular formula is C20H22N4O2. The number of hydrogen-bond donors (Lipinski definition) is 2. The Morgan fingerprint density at radius 3 is 2.62 bits per heavy atom. The predicted octanol–water partition coefficient (Wildman–Crippen LogP) is 3.69. The summed E-state index contributed by atoms with van der Waals surface area (Å²) >= 11 is 0. The number of primary amides is 1. The van der Waals surface area contributed by atoms with Crippen LogP contribution in [-0.2, 0) is 0 Å². The molecule has 2 aromatic carbocycles. The van der Waals surface area contributed by atoms with Crippen molar-refractivity contribution in [2.75, 3.05) is 12.4 Å². The van der Waals surface area contributed by atoms with Crippen molar-refractivity contribution in [2.24, 2.45) is 5.73 Å². The van der Waals surface area contributed by atoms with Gasteiger partial charge in [0, 0.05) is 5.39 Å². The molecule has 3 rings (SSSR count). The molecule has 26 heavy (non-hydrogen) atoms. The summed E-state index contributed by atoms with van der Waals surface area (Å²) in [6, 6.07) is 13.4. The number of methoxy groups -OCH3 is 1. The Morgan fingerprint density at radius 2 is 1.96 bits per heavy atom. The van der Waals surface area contributed by atoms with Gasteiger partial charge in [0.05, 0.1) is 24.2 Å². The molecule has 134 valence electrons. The number of nitrogens with zero attached hydrogens (tertiary/aromatic N) is 2. The number of nitrogens with one attached hydrogen (secondary N) is 1. The van der Waals surface area contributed by atoms with Crippen molar-refractivity contribution in [3.05, 3.63) is 59.9 Å². The monoisotopic (exact) mass is 350 g/mol. The minimum Gasteiger partial charge on any atom is -0.497 e. The Bertz CT molecular complexity index is 909. The summed E-state index contributed by atoms with van der Waals surface area (Å²) in [7, 11) is 1.65. The minimum atomic E-state index is -0.500. The molecule has 0 radical (unpaired) electrons. The van der Waals surface area contributed by atoms with Crippen LogP contribution in [0.5, 0.6) is 5.75 Å². The number of benzene rings is 2. The van der Waals surface area contributed by atoms with E-state index >= 15 is 0 Å². The lowest BCUT2D eigenvalue weighted by Gasteiger charge is -2.20. The first-order chi connectivity index (χ1) is 12.6. The largest absolute Gasteiger partial charge is 0.497 e. The first-order valence-corrected chi connectivity index (χ1v) is 8.58. The highest BCUT2D eigenvalue weighted by atomic mass is 16.5. The van der Waals surface area contributed by atoms with Crippen LogP contribution in [0.1, 0.15) is 41.7 Å². The number of fused-ring (bicyclic) bond motifs is 1. The number of nitrogens with two attached hydrogens (primary N) is 1. The maximum atomic E-state index is 11.7. The number of para-hydroxylation sites is 1. The van der Waals surface area contributed by atoms with E-state index < -0.39 is 5.91 Å². The average molecular weight is 350 g/mol. The number of rotatable bonds is 7. The summed E-state index contributed by atoms with van der Waals surface area (Å²) in [4.78, 5) is 20.3. The van der Waals surface area contributed by atoms with Gasteiger partial charge in [0.1, 0.15) is 17.9 Å². The van der Waals surface area contributed by atoms with Crippen LogP contribution in [-0.4, -0.2) is 23.0 Å². The lowest BCUT2D eigenvalue weighted by atomic mass is 10.0. The first-order valence-electron chi connectivity index (χ1n) is 8.58. The molecule has 1 atom stereocenters. The molecule has 1 unspecified atom stereocenters. The lowest BCUT2D eigenvalue weighted by molar-refractivity contribution is 0.100. The molecule has 0 bridgehead atoms. The molecule has 0 saturated carbocycles. The molecule has 0 fully saturated rings. The highest BCUT2D eigenvalue weighted by molar-refractivity contribution is 6.06. The molecular weight excluding hydrogens is 328 g/mol. The Labute approximate surface area is 152 Å². The zero-order chi connectivity index (χ0) is 18.5. The second-order valence-electron chi connectivity index (χ2n) is 6.05. The van der Waals surface area contributed by atoms with Crippen molar-refractivity contribution in [3.63, 3.8) is 0 Å². The fraction of sp³-hybridized carbons (Fsp3) is 0.250. The van der Waals surface area contributed by atoms with Crippen molar-refractivity contribution in [1.29, 1.82) is 0 Å². The van der Waals surface area contributed by atoms with Crippen LogP contribution in [0.25, 0.3) is 10.9 Å². The van der Waals surface area contributed by atoms with Gasteiger partial charge in [0.15, 0.2) is 0 Å². The van der Waals surface area contributed by atoms with Crippen LogP contribution in [0.2, 0.25) is 0 Å². The van der Waals surface area contributed by atoms with Gasteiger partial charge < -0.3 is 15.8 Å². The van der Waals surface area contributed by atoms with Crippen LogP contribution < -0.4 is 15.8 Å². The van der Waals surface area contributed by atoms with Crippen molar-refractivity contribution >= 4 is 22.6 Å². The molecule has 1 aromatic heterocycles. The van der Waals surface area contributed by atoms with Crippen LogP contribution in [0.4, 0.5) is 5.82 Å². The zero-order valence-corrected chi connectivity index (χ0v) is 14.9. The Kier molecular flexibility index (Phi) is 5.31. The number of aromatic nitrogens is 2. The third kappa shape index (κ3) is 3.59. The highest BCUT2D eigenvalue weighted by Gasteiger charge is 2.15. The van der Waals surface area contributed by atoms with E-state index in [4.69, 9.17) is 10.5 Å². The summed E-state index contributed by atoms with van der Waals surface area (Å²) in [5, 5.41) is 4.28. The summed E-state index contributed by atoms with van der Waals surface area (Å²) in [5.74, 6) is 1.01. The molecule has 3 aromatic rings. The smallest absolute Gasteiger partial charge is 0.250 e. The first kappa shape index (κ1) is 17.7. The normalized spacial score (nSPS) is 11.9. The topological polar surface area (TPSA) is 90.1 Å². The van der Waals surface area contributed by atoms with Gasteiger partial charge in [-0.25, -0.2) is 9.97 Å². The fourth-order valence-corrected chi connectivity index (χ4v) is 3.01. The van der Waals surface area contributed by atoms with E-state index in [0.717, 1.165) is 29.5 Å². The summed E-state index contributed by atoms with van der Waals surface area (Å²) in [6.07, 6.45) is 3.40. The van der Waals surface area contributed by atoms with Gasteiger partial charge in [-0.1, -0.05) is 31.5 Å². The molecule has 0 aliphatic carbocycles. The fourth-order valence-electron chi connectivity index (χ4n) is 3.01. The molecule has 0 aliphatic heterocycles. The van der Waals surface area contributed by atoms with Gasteiger partial charge in [-0.05, 0) is 36.2 Å². The van der Waals surface area contributed by atoms with Gasteiger partial charge in [0.25, 0.3) is 5.91 Å². The Hall–Kier alpha value is -3.15. The van der Waals surface area contributed by atoms with Crippen LogP contribution >= 0.6 is 0 Å². The van der Waals surface area contributed by atoms with Crippen LogP contribution in [0.15, 0.2) is 48.8 Å². The summed E-state index contributed by atoms with van der Waals surface area (Å²) in [6.45, 7) is 2.14. The lowest BCUT2D eigenvalue weighted by Crippen LogP contribution is -2.14. The zero-order valence-electron chi connectivity index (χ0n) is 14.9. The van der Waals surface area contributed by atoms with Gasteiger partial charge in [-0.2, -0.15) is 0 Å². The molecule has 0 saturated heterocycles. The second-order valence-corrected chi connectivity index (χ2v) is 6.05. The molecule has 0 spiro atoms. The molecule has 6 nitrogen and oxygen atoms in total. The number of hydrogen-bond acceptors (Lipinski definition) is 5. The highest BCUT2D eigenvalue weighted by Crippen LogP contribution is 2.29. The molecule has 0 aliphatic rings. The SMILES string of the molecule is CCCC(Nc1ncnc2c(C(N)=O)cccc12)c1ccc(OC)cc1. The van der Waals surface area contributed by atoms with Gasteiger partial charge in [-0.15, -0.1) is 0 Å². The van der Waals surface area contributed by atoms with E-state index in [9.17, 15) is 4.79 Å².